The van der Waals surface area contributed by atoms with Crippen molar-refractivity contribution in [1.82, 2.24) is 15.2 Å². The molecule has 5 nitrogen and oxygen atoms in total. The fourth-order valence-corrected chi connectivity index (χ4v) is 3.98. The minimum atomic E-state index is -0.0132. The second kappa shape index (κ2) is 8.47. The average molecular weight is 331 g/mol. The van der Waals surface area contributed by atoms with Crippen molar-refractivity contribution in [3.05, 3.63) is 23.9 Å². The Bertz CT molecular complexity index is 526. The van der Waals surface area contributed by atoms with Crippen LogP contribution in [0.15, 0.2) is 18.3 Å². The van der Waals surface area contributed by atoms with Gasteiger partial charge in [0.15, 0.2) is 0 Å². The zero-order chi connectivity index (χ0) is 16.8. The molecule has 132 valence electrons. The van der Waals surface area contributed by atoms with Gasteiger partial charge in [-0.15, -0.1) is 0 Å². The SMILES string of the molecule is COc1ccc(C(=O)NC2CCCC[C@H]2CN2CCCCC2)cn1. The molecule has 0 aromatic carbocycles. The van der Waals surface area contributed by atoms with E-state index < -0.39 is 0 Å². The first-order chi connectivity index (χ1) is 11.8. The molecule has 1 saturated heterocycles. The molecule has 0 bridgehead atoms. The molecule has 1 N–H and O–H groups in total. The van der Waals surface area contributed by atoms with Gasteiger partial charge in [-0.1, -0.05) is 19.3 Å². The van der Waals surface area contributed by atoms with Crippen LogP contribution in [0.4, 0.5) is 0 Å². The van der Waals surface area contributed by atoms with E-state index in [0.29, 0.717) is 17.4 Å². The number of rotatable bonds is 5. The number of nitrogens with one attached hydrogen (secondary N) is 1. The standard InChI is InChI=1S/C19H29N3O2/c1-24-18-10-9-15(13-20-18)19(23)21-17-8-4-3-7-16(17)14-22-11-5-2-6-12-22/h9-10,13,16-17H,2-8,11-12,14H2,1H3,(H,21,23)/t16-,17?/m0/s1. The molecule has 2 fully saturated rings. The van der Waals surface area contributed by atoms with Gasteiger partial charge in [-0.2, -0.15) is 0 Å². The van der Waals surface area contributed by atoms with E-state index in [1.807, 2.05) is 0 Å². The highest BCUT2D eigenvalue weighted by molar-refractivity contribution is 5.94. The van der Waals surface area contributed by atoms with Crippen LogP contribution in [-0.4, -0.2) is 48.6 Å². The van der Waals surface area contributed by atoms with Crippen LogP contribution in [0, 0.1) is 5.92 Å². The van der Waals surface area contributed by atoms with E-state index in [4.69, 9.17) is 4.74 Å². The molecule has 0 spiro atoms. The van der Waals surface area contributed by atoms with Crippen molar-refractivity contribution < 1.29 is 9.53 Å². The lowest BCUT2D eigenvalue weighted by molar-refractivity contribution is 0.0877. The number of hydrogen-bond acceptors (Lipinski definition) is 4. The molecule has 5 heteroatoms. The van der Waals surface area contributed by atoms with E-state index in [2.05, 4.69) is 15.2 Å². The van der Waals surface area contributed by atoms with E-state index >= 15 is 0 Å². The number of carbonyl (C=O) groups is 1. The van der Waals surface area contributed by atoms with Crippen molar-refractivity contribution in [3.8, 4) is 5.88 Å². The quantitative estimate of drug-likeness (QED) is 0.901. The lowest BCUT2D eigenvalue weighted by Crippen LogP contribution is -2.47. The van der Waals surface area contributed by atoms with E-state index in [1.54, 1.807) is 25.4 Å². The molecular weight excluding hydrogens is 302 g/mol. The van der Waals surface area contributed by atoms with Gasteiger partial charge in [0, 0.05) is 24.8 Å². The Morgan fingerprint density at radius 3 is 2.71 bits per heavy atom. The summed E-state index contributed by atoms with van der Waals surface area (Å²) in [4.78, 5) is 19.3. The summed E-state index contributed by atoms with van der Waals surface area (Å²) >= 11 is 0. The molecule has 1 aliphatic heterocycles. The van der Waals surface area contributed by atoms with Gasteiger partial charge >= 0.3 is 0 Å². The van der Waals surface area contributed by atoms with E-state index in [-0.39, 0.29) is 11.9 Å². The number of likely N-dealkylation sites (tertiary alicyclic amines) is 1. The molecule has 3 rings (SSSR count). The lowest BCUT2D eigenvalue weighted by Gasteiger charge is -2.37. The van der Waals surface area contributed by atoms with Crippen molar-refractivity contribution >= 4 is 5.91 Å². The Balaban J connectivity index is 1.58. The maximum absolute atomic E-state index is 12.5. The Kier molecular flexibility index (Phi) is 6.07. The summed E-state index contributed by atoms with van der Waals surface area (Å²) in [6, 6.07) is 3.81. The van der Waals surface area contributed by atoms with E-state index in [9.17, 15) is 4.79 Å². The number of carbonyl (C=O) groups excluding carboxylic acids is 1. The Labute approximate surface area is 144 Å². The molecule has 1 saturated carbocycles. The first-order valence-electron chi connectivity index (χ1n) is 9.29. The fraction of sp³-hybridized carbons (Fsp3) is 0.684. The van der Waals surface area contributed by atoms with Crippen LogP contribution >= 0.6 is 0 Å². The van der Waals surface area contributed by atoms with Gasteiger partial charge in [-0.05, 0) is 50.8 Å². The third kappa shape index (κ3) is 4.47. The summed E-state index contributed by atoms with van der Waals surface area (Å²) in [5, 5.41) is 3.27. The van der Waals surface area contributed by atoms with Crippen molar-refractivity contribution in [2.45, 2.75) is 51.0 Å². The zero-order valence-corrected chi connectivity index (χ0v) is 14.7. The summed E-state index contributed by atoms with van der Waals surface area (Å²) in [5.41, 5.74) is 0.609. The van der Waals surface area contributed by atoms with Crippen molar-refractivity contribution in [3.63, 3.8) is 0 Å². The van der Waals surface area contributed by atoms with Crippen LogP contribution in [-0.2, 0) is 0 Å². The maximum Gasteiger partial charge on any atom is 0.253 e. The highest BCUT2D eigenvalue weighted by Crippen LogP contribution is 2.26. The largest absolute Gasteiger partial charge is 0.481 e. The second-order valence-corrected chi connectivity index (χ2v) is 7.07. The Hall–Kier alpha value is -1.62. The molecule has 1 aromatic rings. The van der Waals surface area contributed by atoms with Gasteiger partial charge in [0.1, 0.15) is 0 Å². The van der Waals surface area contributed by atoms with Gasteiger partial charge in [0.2, 0.25) is 5.88 Å². The van der Waals surface area contributed by atoms with Gasteiger partial charge < -0.3 is 15.0 Å². The highest BCUT2D eigenvalue weighted by atomic mass is 16.5. The highest BCUT2D eigenvalue weighted by Gasteiger charge is 2.28. The Morgan fingerprint density at radius 1 is 1.21 bits per heavy atom. The number of hydrogen-bond donors (Lipinski definition) is 1. The summed E-state index contributed by atoms with van der Waals surface area (Å²) in [6.07, 6.45) is 10.4. The third-order valence-corrected chi connectivity index (χ3v) is 5.37. The Morgan fingerprint density at radius 2 is 2.00 bits per heavy atom. The van der Waals surface area contributed by atoms with Gasteiger partial charge in [-0.3, -0.25) is 4.79 Å². The van der Waals surface area contributed by atoms with Gasteiger partial charge in [0.05, 0.1) is 12.7 Å². The first-order valence-corrected chi connectivity index (χ1v) is 9.29. The number of aromatic nitrogens is 1. The fourth-order valence-electron chi connectivity index (χ4n) is 3.98. The van der Waals surface area contributed by atoms with Crippen LogP contribution in [0.25, 0.3) is 0 Å². The third-order valence-electron chi connectivity index (χ3n) is 5.37. The van der Waals surface area contributed by atoms with E-state index in [0.717, 1.165) is 13.0 Å². The van der Waals surface area contributed by atoms with Crippen molar-refractivity contribution in [2.75, 3.05) is 26.7 Å². The zero-order valence-electron chi connectivity index (χ0n) is 14.7. The predicted octanol–water partition coefficient (Wildman–Crippen LogP) is 2.86. The van der Waals surface area contributed by atoms with Crippen LogP contribution < -0.4 is 10.1 Å². The maximum atomic E-state index is 12.5. The monoisotopic (exact) mass is 331 g/mol. The van der Waals surface area contributed by atoms with Gasteiger partial charge in [-0.25, -0.2) is 4.98 Å². The molecule has 2 atom stereocenters. The average Bonchev–Trinajstić information content (AvgIpc) is 2.64. The number of methoxy groups -OCH3 is 1. The molecule has 1 aliphatic carbocycles. The smallest absolute Gasteiger partial charge is 0.253 e. The minimum Gasteiger partial charge on any atom is -0.481 e. The molecule has 1 aromatic heterocycles. The van der Waals surface area contributed by atoms with Crippen LogP contribution in [0.5, 0.6) is 5.88 Å². The molecular formula is C19H29N3O2. The van der Waals surface area contributed by atoms with Crippen molar-refractivity contribution in [1.29, 1.82) is 0 Å². The molecule has 2 aliphatic rings. The molecule has 0 radical (unpaired) electrons. The second-order valence-electron chi connectivity index (χ2n) is 7.07. The van der Waals surface area contributed by atoms with Crippen LogP contribution in [0.2, 0.25) is 0 Å². The summed E-state index contributed by atoms with van der Waals surface area (Å²) in [5.74, 6) is 1.10. The normalized spacial score (nSPS) is 25.2. The van der Waals surface area contributed by atoms with Crippen LogP contribution in [0.1, 0.15) is 55.3 Å². The molecule has 24 heavy (non-hydrogen) atoms. The number of nitrogens with zero attached hydrogens (tertiary/aromatic N) is 2. The number of pyridine rings is 1. The minimum absolute atomic E-state index is 0.0132. The molecule has 2 heterocycles. The van der Waals surface area contributed by atoms with Crippen molar-refractivity contribution in [2.24, 2.45) is 5.92 Å². The first kappa shape index (κ1) is 17.2. The predicted molar refractivity (Wildman–Crippen MR) is 94.3 cm³/mol. The van der Waals surface area contributed by atoms with Crippen LogP contribution in [0.3, 0.4) is 0 Å². The number of ether oxygens (including phenoxy) is 1. The summed E-state index contributed by atoms with van der Waals surface area (Å²) in [6.45, 7) is 3.57. The number of piperidine rings is 1. The van der Waals surface area contributed by atoms with E-state index in [1.165, 1.54) is 51.6 Å². The van der Waals surface area contributed by atoms with Gasteiger partial charge in [0.25, 0.3) is 5.91 Å². The number of amides is 1. The summed E-state index contributed by atoms with van der Waals surface area (Å²) < 4.78 is 5.05. The molecule has 1 unspecified atom stereocenters. The topological polar surface area (TPSA) is 54.5 Å². The summed E-state index contributed by atoms with van der Waals surface area (Å²) in [7, 11) is 1.58. The lowest BCUT2D eigenvalue weighted by atomic mass is 9.83. The molecule has 1 amide bonds.